The lowest BCUT2D eigenvalue weighted by Crippen LogP contribution is -2.25. The van der Waals surface area contributed by atoms with Crippen LogP contribution in [0.25, 0.3) is 0 Å². The Labute approximate surface area is 123 Å². The maximum atomic E-state index is 11.6. The Bertz CT molecular complexity index is 444. The monoisotopic (exact) mass is 301 g/mol. The molecule has 5 heteroatoms. The maximum Gasteiger partial charge on any atom is 0.144 e. The fourth-order valence-electron chi connectivity index (χ4n) is 1.27. The molecule has 0 spiro atoms. The van der Waals surface area contributed by atoms with Gasteiger partial charge < -0.3 is 9.29 Å². The highest BCUT2D eigenvalue weighted by Gasteiger charge is 2.25. The van der Waals surface area contributed by atoms with Crippen LogP contribution in [0.4, 0.5) is 0 Å². The molecule has 1 aromatic rings. The van der Waals surface area contributed by atoms with Crippen LogP contribution in [0, 0.1) is 6.92 Å². The quantitative estimate of drug-likeness (QED) is 0.469. The predicted octanol–water partition coefficient (Wildman–Crippen LogP) is 3.95. The van der Waals surface area contributed by atoms with Crippen molar-refractivity contribution in [2.75, 3.05) is 6.61 Å². The zero-order valence-corrected chi connectivity index (χ0v) is 13.3. The van der Waals surface area contributed by atoms with Gasteiger partial charge in [-0.2, -0.15) is 0 Å². The van der Waals surface area contributed by atoms with Gasteiger partial charge in [0, 0.05) is 11.4 Å². The van der Waals surface area contributed by atoms with E-state index in [0.29, 0.717) is 18.1 Å². The van der Waals surface area contributed by atoms with Crippen LogP contribution in [0.3, 0.4) is 0 Å². The summed E-state index contributed by atoms with van der Waals surface area (Å²) in [5.74, 6) is 0.815. The molecule has 0 bridgehead atoms. The molecule has 0 aliphatic rings. The van der Waals surface area contributed by atoms with Gasteiger partial charge in [0.1, 0.15) is 21.9 Å². The van der Waals surface area contributed by atoms with Crippen LogP contribution in [-0.4, -0.2) is 22.1 Å². The number of hydrogen-bond acceptors (Lipinski definition) is 3. The van der Waals surface area contributed by atoms with Gasteiger partial charge >= 0.3 is 0 Å². The molecule has 0 aliphatic heterocycles. The SMILES string of the molecule is Cc1cc(Cl)ccc1OCC/C=N/[S+]([O-])C(C)(C)C. The molecule has 0 N–H and O–H groups in total. The summed E-state index contributed by atoms with van der Waals surface area (Å²) >= 11 is 4.67. The second kappa shape index (κ2) is 7.17. The highest BCUT2D eigenvalue weighted by molar-refractivity contribution is 7.91. The van der Waals surface area contributed by atoms with E-state index < -0.39 is 11.4 Å². The fourth-order valence-corrected chi connectivity index (χ4v) is 2.06. The van der Waals surface area contributed by atoms with Crippen molar-refractivity contribution in [2.24, 2.45) is 4.40 Å². The molecule has 0 fully saturated rings. The van der Waals surface area contributed by atoms with Gasteiger partial charge in [0.05, 0.1) is 12.8 Å². The van der Waals surface area contributed by atoms with E-state index in [2.05, 4.69) is 4.40 Å². The Kier molecular flexibility index (Phi) is 6.17. The van der Waals surface area contributed by atoms with E-state index in [1.54, 1.807) is 12.3 Å². The van der Waals surface area contributed by atoms with Crippen molar-refractivity contribution in [3.05, 3.63) is 28.8 Å². The van der Waals surface area contributed by atoms with Crippen molar-refractivity contribution in [3.8, 4) is 5.75 Å². The second-order valence-electron chi connectivity index (χ2n) is 5.20. The molecule has 0 amide bonds. The summed E-state index contributed by atoms with van der Waals surface area (Å²) < 4.78 is 21.0. The van der Waals surface area contributed by atoms with Crippen molar-refractivity contribution < 1.29 is 9.29 Å². The van der Waals surface area contributed by atoms with Crippen LogP contribution >= 0.6 is 11.6 Å². The minimum absolute atomic E-state index is 0.315. The summed E-state index contributed by atoms with van der Waals surface area (Å²) in [5, 5.41) is 0.701. The lowest BCUT2D eigenvalue weighted by Gasteiger charge is -2.17. The van der Waals surface area contributed by atoms with Crippen LogP contribution in [0.5, 0.6) is 5.75 Å². The molecule has 0 aromatic heterocycles. The molecule has 0 saturated carbocycles. The second-order valence-corrected chi connectivity index (χ2v) is 7.57. The number of aryl methyl sites for hydroxylation is 1. The normalized spacial score (nSPS) is 13.8. The third-order valence-electron chi connectivity index (χ3n) is 2.34. The average molecular weight is 302 g/mol. The first-order valence-corrected chi connectivity index (χ1v) is 7.62. The summed E-state index contributed by atoms with van der Waals surface area (Å²) in [5.41, 5.74) is 1.00. The largest absolute Gasteiger partial charge is 0.591 e. The molecule has 0 aliphatic carbocycles. The zero-order chi connectivity index (χ0) is 14.5. The Hall–Kier alpha value is -0.710. The molecular formula is C14H20ClNO2S. The molecule has 0 radical (unpaired) electrons. The summed E-state index contributed by atoms with van der Waals surface area (Å²) in [6.07, 6.45) is 2.29. The highest BCUT2D eigenvalue weighted by Crippen LogP contribution is 2.21. The third-order valence-corrected chi connectivity index (χ3v) is 3.96. The van der Waals surface area contributed by atoms with Crippen molar-refractivity contribution in [3.63, 3.8) is 0 Å². The lowest BCUT2D eigenvalue weighted by molar-refractivity contribution is 0.328. The highest BCUT2D eigenvalue weighted by atomic mass is 35.5. The Balaban J connectivity index is 2.37. The van der Waals surface area contributed by atoms with Crippen molar-refractivity contribution in [1.29, 1.82) is 0 Å². The summed E-state index contributed by atoms with van der Waals surface area (Å²) in [6, 6.07) is 5.51. The maximum absolute atomic E-state index is 11.6. The average Bonchev–Trinajstić information content (AvgIpc) is 2.29. The lowest BCUT2D eigenvalue weighted by atomic mass is 10.2. The number of benzene rings is 1. The van der Waals surface area contributed by atoms with Gasteiger partial charge in [0.25, 0.3) is 0 Å². The Morgan fingerprint density at radius 3 is 2.68 bits per heavy atom. The van der Waals surface area contributed by atoms with Gasteiger partial charge in [-0.15, -0.1) is 0 Å². The number of rotatable bonds is 5. The summed E-state index contributed by atoms with van der Waals surface area (Å²) in [4.78, 5) is 0. The van der Waals surface area contributed by atoms with Gasteiger partial charge in [-0.05, 0) is 51.5 Å². The first-order valence-electron chi connectivity index (χ1n) is 6.14. The molecule has 1 unspecified atom stereocenters. The standard InChI is InChI=1S/C14H20ClNO2S/c1-11-10-12(15)6-7-13(11)18-9-5-8-16-19(17)14(2,3)4/h6-8,10H,5,9H2,1-4H3/b16-8+. The van der Waals surface area contributed by atoms with E-state index in [9.17, 15) is 4.55 Å². The fraction of sp³-hybridized carbons (Fsp3) is 0.500. The summed E-state index contributed by atoms with van der Waals surface area (Å²) in [6.45, 7) is 8.15. The molecular weight excluding hydrogens is 282 g/mol. The Morgan fingerprint density at radius 1 is 1.42 bits per heavy atom. The van der Waals surface area contributed by atoms with E-state index >= 15 is 0 Å². The molecule has 0 saturated heterocycles. The van der Waals surface area contributed by atoms with Gasteiger partial charge in [0.15, 0.2) is 0 Å². The topological polar surface area (TPSA) is 44.6 Å². The molecule has 3 nitrogen and oxygen atoms in total. The van der Waals surface area contributed by atoms with Gasteiger partial charge in [0.2, 0.25) is 0 Å². The number of hydrogen-bond donors (Lipinski definition) is 0. The third kappa shape index (κ3) is 5.85. The molecule has 1 aromatic carbocycles. The van der Waals surface area contributed by atoms with Crippen LogP contribution in [-0.2, 0) is 11.4 Å². The van der Waals surface area contributed by atoms with Gasteiger partial charge in [-0.1, -0.05) is 16.0 Å². The zero-order valence-electron chi connectivity index (χ0n) is 11.8. The van der Waals surface area contributed by atoms with E-state index in [4.69, 9.17) is 16.3 Å². The van der Waals surface area contributed by atoms with Crippen LogP contribution in [0.15, 0.2) is 22.6 Å². The number of nitrogens with zero attached hydrogens (tertiary/aromatic N) is 1. The van der Waals surface area contributed by atoms with Crippen LogP contribution in [0.2, 0.25) is 5.02 Å². The van der Waals surface area contributed by atoms with Crippen molar-refractivity contribution >= 4 is 29.2 Å². The molecule has 1 rings (SSSR count). The van der Waals surface area contributed by atoms with E-state index in [0.717, 1.165) is 11.3 Å². The van der Waals surface area contributed by atoms with Gasteiger partial charge in [-0.25, -0.2) is 0 Å². The smallest absolute Gasteiger partial charge is 0.144 e. The van der Waals surface area contributed by atoms with Crippen molar-refractivity contribution in [2.45, 2.75) is 38.9 Å². The van der Waals surface area contributed by atoms with Gasteiger partial charge in [-0.3, -0.25) is 0 Å². The van der Waals surface area contributed by atoms with E-state index in [-0.39, 0.29) is 4.75 Å². The Morgan fingerprint density at radius 2 is 2.11 bits per heavy atom. The van der Waals surface area contributed by atoms with Crippen LogP contribution in [0.1, 0.15) is 32.8 Å². The summed E-state index contributed by atoms with van der Waals surface area (Å²) in [7, 11) is 0. The van der Waals surface area contributed by atoms with Crippen LogP contribution < -0.4 is 4.74 Å². The number of ether oxygens (including phenoxy) is 1. The minimum atomic E-state index is -1.20. The molecule has 106 valence electrons. The molecule has 19 heavy (non-hydrogen) atoms. The number of halogens is 1. The predicted molar refractivity (Wildman–Crippen MR) is 82.7 cm³/mol. The van der Waals surface area contributed by atoms with E-state index in [1.807, 2.05) is 39.8 Å². The van der Waals surface area contributed by atoms with E-state index in [1.165, 1.54) is 0 Å². The molecule has 1 atom stereocenters. The first kappa shape index (κ1) is 16.3. The first-order chi connectivity index (χ1) is 8.80. The minimum Gasteiger partial charge on any atom is -0.591 e. The van der Waals surface area contributed by atoms with Crippen molar-refractivity contribution in [1.82, 2.24) is 0 Å². The molecule has 0 heterocycles.